The number of aromatic nitrogens is 1. The van der Waals surface area contributed by atoms with Crippen LogP contribution in [-0.2, 0) is 4.74 Å². The van der Waals surface area contributed by atoms with Crippen LogP contribution in [-0.4, -0.2) is 35.3 Å². The number of aromatic carboxylic acids is 1. The Morgan fingerprint density at radius 2 is 2.41 bits per heavy atom. The van der Waals surface area contributed by atoms with Gasteiger partial charge >= 0.3 is 5.97 Å². The van der Waals surface area contributed by atoms with Crippen LogP contribution in [0.5, 0.6) is 0 Å². The predicted molar refractivity (Wildman–Crippen MR) is 65.2 cm³/mol. The number of nitrogen functional groups attached to an aromatic ring is 1. The molecule has 0 amide bonds. The molecule has 1 heterocycles. The summed E-state index contributed by atoms with van der Waals surface area (Å²) in [7, 11) is 0. The molecule has 0 spiro atoms. The van der Waals surface area contributed by atoms with Gasteiger partial charge in [0, 0.05) is 18.8 Å². The largest absolute Gasteiger partial charge is 0.478 e. The summed E-state index contributed by atoms with van der Waals surface area (Å²) in [6.45, 7) is 5.04. The van der Waals surface area contributed by atoms with Crippen molar-refractivity contribution in [3.8, 4) is 0 Å². The molecule has 1 rings (SSSR count). The first-order valence-electron chi connectivity index (χ1n) is 5.37. The quantitative estimate of drug-likeness (QED) is 0.690. The average Bonchev–Trinajstić information content (AvgIpc) is 2.28. The maximum absolute atomic E-state index is 10.7. The van der Waals surface area contributed by atoms with Gasteiger partial charge in [-0.15, -0.1) is 0 Å². The van der Waals surface area contributed by atoms with Crippen LogP contribution < -0.4 is 11.1 Å². The molecule has 1 aromatic rings. The fourth-order valence-electron chi connectivity index (χ4n) is 1.29. The maximum atomic E-state index is 10.7. The molecule has 0 aliphatic rings. The number of nitrogens with two attached hydrogens (primary N) is 1. The summed E-state index contributed by atoms with van der Waals surface area (Å²) in [5.41, 5.74) is 6.09. The van der Waals surface area contributed by atoms with E-state index in [2.05, 4.69) is 10.3 Å². The van der Waals surface area contributed by atoms with Crippen LogP contribution in [0.1, 0.15) is 24.2 Å². The highest BCUT2D eigenvalue weighted by Gasteiger charge is 2.09. The minimum atomic E-state index is -1.04. The fourth-order valence-corrected chi connectivity index (χ4v) is 1.29. The van der Waals surface area contributed by atoms with Crippen LogP contribution in [0.15, 0.2) is 12.3 Å². The molecular formula is C11H17N3O3. The second-order valence-electron chi connectivity index (χ2n) is 3.67. The van der Waals surface area contributed by atoms with Crippen molar-refractivity contribution in [1.29, 1.82) is 0 Å². The molecule has 1 atom stereocenters. The number of anilines is 2. The standard InChI is InChI=1S/C11H17N3O3/c1-3-17-6-7(2)14-10-9(12)4-8(5-13-10)11(15)16/h4-5,7H,3,6,12H2,1-2H3,(H,13,14)(H,15,16). The number of hydrogen-bond acceptors (Lipinski definition) is 5. The van der Waals surface area contributed by atoms with Gasteiger partial charge in [-0.2, -0.15) is 0 Å². The van der Waals surface area contributed by atoms with Crippen LogP contribution in [0.2, 0.25) is 0 Å². The van der Waals surface area contributed by atoms with Crippen molar-refractivity contribution >= 4 is 17.5 Å². The lowest BCUT2D eigenvalue weighted by Gasteiger charge is -2.15. The zero-order valence-electron chi connectivity index (χ0n) is 9.93. The molecule has 6 nitrogen and oxygen atoms in total. The first-order chi connectivity index (χ1) is 8.04. The highest BCUT2D eigenvalue weighted by Crippen LogP contribution is 2.17. The number of carboxylic acids is 1. The summed E-state index contributed by atoms with van der Waals surface area (Å²) >= 11 is 0. The molecule has 4 N–H and O–H groups in total. The third kappa shape index (κ3) is 3.92. The second kappa shape index (κ2) is 6.05. The molecular weight excluding hydrogens is 222 g/mol. The minimum Gasteiger partial charge on any atom is -0.478 e. The molecule has 0 saturated carbocycles. The number of rotatable bonds is 6. The first kappa shape index (κ1) is 13.2. The number of hydrogen-bond donors (Lipinski definition) is 3. The lowest BCUT2D eigenvalue weighted by Crippen LogP contribution is -2.23. The van der Waals surface area contributed by atoms with Gasteiger partial charge in [-0.3, -0.25) is 0 Å². The molecule has 0 radical (unpaired) electrons. The smallest absolute Gasteiger partial charge is 0.337 e. The molecule has 1 aromatic heterocycles. The molecule has 6 heteroatoms. The van der Waals surface area contributed by atoms with Crippen molar-refractivity contribution in [2.45, 2.75) is 19.9 Å². The van der Waals surface area contributed by atoms with Gasteiger partial charge in [-0.1, -0.05) is 0 Å². The third-order valence-electron chi connectivity index (χ3n) is 2.12. The molecule has 0 aliphatic carbocycles. The fraction of sp³-hybridized carbons (Fsp3) is 0.455. The Labute approximate surface area is 99.8 Å². The number of nitrogens with zero attached hydrogens (tertiary/aromatic N) is 1. The van der Waals surface area contributed by atoms with Crippen LogP contribution in [0.3, 0.4) is 0 Å². The predicted octanol–water partition coefficient (Wildman–Crippen LogP) is 1.20. The van der Waals surface area contributed by atoms with E-state index >= 15 is 0 Å². The van der Waals surface area contributed by atoms with Crippen molar-refractivity contribution in [2.24, 2.45) is 0 Å². The Morgan fingerprint density at radius 1 is 1.71 bits per heavy atom. The van der Waals surface area contributed by atoms with Gasteiger partial charge in [0.25, 0.3) is 0 Å². The SMILES string of the molecule is CCOCC(C)Nc1ncc(C(=O)O)cc1N. The highest BCUT2D eigenvalue weighted by molar-refractivity contribution is 5.89. The van der Waals surface area contributed by atoms with E-state index in [1.807, 2.05) is 13.8 Å². The van der Waals surface area contributed by atoms with Crippen LogP contribution in [0.25, 0.3) is 0 Å². The number of carbonyl (C=O) groups is 1. The summed E-state index contributed by atoms with van der Waals surface area (Å²) in [5, 5.41) is 11.8. The van der Waals surface area contributed by atoms with Crippen LogP contribution in [0, 0.1) is 0 Å². The lowest BCUT2D eigenvalue weighted by molar-refractivity contribution is 0.0696. The molecule has 0 aliphatic heterocycles. The van der Waals surface area contributed by atoms with Crippen molar-refractivity contribution < 1.29 is 14.6 Å². The molecule has 0 saturated heterocycles. The zero-order valence-corrected chi connectivity index (χ0v) is 9.93. The summed E-state index contributed by atoms with van der Waals surface area (Å²) in [5.74, 6) is -0.569. The molecule has 17 heavy (non-hydrogen) atoms. The van der Waals surface area contributed by atoms with Gasteiger partial charge in [0.15, 0.2) is 0 Å². The van der Waals surface area contributed by atoms with Gasteiger partial charge in [-0.25, -0.2) is 9.78 Å². The second-order valence-corrected chi connectivity index (χ2v) is 3.67. The van der Waals surface area contributed by atoms with Gasteiger partial charge < -0.3 is 20.9 Å². The normalized spacial score (nSPS) is 12.1. The molecule has 94 valence electrons. The topological polar surface area (TPSA) is 97.5 Å². The van der Waals surface area contributed by atoms with Gasteiger partial charge in [0.05, 0.1) is 17.9 Å². The lowest BCUT2D eigenvalue weighted by atomic mass is 10.2. The van der Waals surface area contributed by atoms with E-state index in [0.717, 1.165) is 0 Å². The van der Waals surface area contributed by atoms with Gasteiger partial charge in [0.1, 0.15) is 5.82 Å². The number of carboxylic acid groups (broad SMARTS) is 1. The van der Waals surface area contributed by atoms with Crippen molar-refractivity contribution in [3.05, 3.63) is 17.8 Å². The van der Waals surface area contributed by atoms with E-state index in [9.17, 15) is 4.79 Å². The van der Waals surface area contributed by atoms with E-state index < -0.39 is 5.97 Å². The van der Waals surface area contributed by atoms with Crippen LogP contribution >= 0.6 is 0 Å². The molecule has 0 bridgehead atoms. The van der Waals surface area contributed by atoms with Gasteiger partial charge in [0.2, 0.25) is 0 Å². The van der Waals surface area contributed by atoms with E-state index in [4.69, 9.17) is 15.6 Å². The molecule has 0 fully saturated rings. The molecule has 1 unspecified atom stereocenters. The van der Waals surface area contributed by atoms with E-state index in [1.54, 1.807) is 0 Å². The van der Waals surface area contributed by atoms with E-state index in [0.29, 0.717) is 24.7 Å². The Hall–Kier alpha value is -1.82. The molecule has 0 aromatic carbocycles. The van der Waals surface area contributed by atoms with Crippen LogP contribution in [0.4, 0.5) is 11.5 Å². The number of pyridine rings is 1. The van der Waals surface area contributed by atoms with Crippen molar-refractivity contribution in [3.63, 3.8) is 0 Å². The van der Waals surface area contributed by atoms with E-state index in [-0.39, 0.29) is 11.6 Å². The monoisotopic (exact) mass is 239 g/mol. The first-order valence-corrected chi connectivity index (χ1v) is 5.37. The Balaban J connectivity index is 2.69. The van der Waals surface area contributed by atoms with Gasteiger partial charge in [-0.05, 0) is 19.9 Å². The summed E-state index contributed by atoms with van der Waals surface area (Å²) < 4.78 is 5.24. The highest BCUT2D eigenvalue weighted by atomic mass is 16.5. The summed E-state index contributed by atoms with van der Waals surface area (Å²) in [6, 6.07) is 1.44. The number of ether oxygens (including phenoxy) is 1. The Bertz CT molecular complexity index is 396. The Morgan fingerprint density at radius 3 is 2.94 bits per heavy atom. The van der Waals surface area contributed by atoms with E-state index in [1.165, 1.54) is 12.3 Å². The maximum Gasteiger partial charge on any atom is 0.337 e. The van der Waals surface area contributed by atoms with Crippen molar-refractivity contribution in [1.82, 2.24) is 4.98 Å². The Kier molecular flexibility index (Phi) is 4.71. The number of nitrogens with one attached hydrogen (secondary N) is 1. The summed E-state index contributed by atoms with van der Waals surface area (Å²) in [4.78, 5) is 14.7. The summed E-state index contributed by atoms with van der Waals surface area (Å²) in [6.07, 6.45) is 1.27. The average molecular weight is 239 g/mol. The zero-order chi connectivity index (χ0) is 12.8. The van der Waals surface area contributed by atoms with Crippen molar-refractivity contribution in [2.75, 3.05) is 24.3 Å². The minimum absolute atomic E-state index is 0.0560. The third-order valence-corrected chi connectivity index (χ3v) is 2.12.